The van der Waals surface area contributed by atoms with Crippen molar-refractivity contribution in [2.45, 2.75) is 31.1 Å². The quantitative estimate of drug-likeness (QED) is 0.399. The highest BCUT2D eigenvalue weighted by atomic mass is 19.4. The molecule has 0 bridgehead atoms. The minimum Gasteiger partial charge on any atom is -0.394 e. The first-order valence-corrected chi connectivity index (χ1v) is 4.94. The molecule has 0 rings (SSSR count). The number of alkyl halides is 10. The Morgan fingerprint density at radius 2 is 1.41 bits per heavy atom. The summed E-state index contributed by atoms with van der Waals surface area (Å²) in [6, 6.07) is -5.57. The number of esters is 1. The van der Waals surface area contributed by atoms with E-state index >= 15 is 0 Å². The molecule has 0 aromatic rings. The standard InChI is InChI=1S/C8H6F10O4/c9-1-2-20-7(15,22-8(16,17)18)6(13,14)21-4(19)3-5(10,11)12/h1-3H2. The van der Waals surface area contributed by atoms with Gasteiger partial charge in [0.15, 0.2) is 0 Å². The minimum atomic E-state index is -6.11. The van der Waals surface area contributed by atoms with Crippen molar-refractivity contribution in [1.29, 1.82) is 0 Å². The Hall–Kier alpha value is -1.31. The molecule has 0 aliphatic rings. The average Bonchev–Trinajstić information content (AvgIpc) is 2.19. The molecule has 0 radical (unpaired) electrons. The predicted octanol–water partition coefficient (Wildman–Crippen LogP) is 3.22. The average molecular weight is 356 g/mol. The molecule has 0 saturated carbocycles. The Morgan fingerprint density at radius 3 is 1.77 bits per heavy atom. The molecule has 0 aromatic carbocycles. The van der Waals surface area contributed by atoms with Gasteiger partial charge in [0.05, 0.1) is 6.61 Å². The molecule has 0 N–H and O–H groups in total. The minimum absolute atomic E-state index is 1.70. The van der Waals surface area contributed by atoms with Gasteiger partial charge in [-0.1, -0.05) is 0 Å². The highest BCUT2D eigenvalue weighted by molar-refractivity contribution is 5.70. The number of rotatable bonds is 7. The summed E-state index contributed by atoms with van der Waals surface area (Å²) in [5, 5.41) is 0. The molecule has 0 saturated heterocycles. The van der Waals surface area contributed by atoms with Crippen LogP contribution in [0.25, 0.3) is 0 Å². The van der Waals surface area contributed by atoms with E-state index in [1.54, 1.807) is 0 Å². The molecule has 1 atom stereocenters. The van der Waals surface area contributed by atoms with Gasteiger partial charge in [-0.2, -0.15) is 26.3 Å². The molecule has 132 valence electrons. The van der Waals surface area contributed by atoms with E-state index in [1.807, 2.05) is 0 Å². The van der Waals surface area contributed by atoms with Crippen molar-refractivity contribution < 1.29 is 62.9 Å². The maximum atomic E-state index is 13.4. The van der Waals surface area contributed by atoms with Gasteiger partial charge in [-0.25, -0.2) is 9.13 Å². The van der Waals surface area contributed by atoms with E-state index in [4.69, 9.17) is 0 Å². The second-order valence-electron chi connectivity index (χ2n) is 3.40. The highest BCUT2D eigenvalue weighted by Gasteiger charge is 2.67. The Balaban J connectivity index is 5.20. The zero-order valence-corrected chi connectivity index (χ0v) is 10.0. The Bertz CT molecular complexity index is 378. The summed E-state index contributed by atoms with van der Waals surface area (Å²) < 4.78 is 130. The van der Waals surface area contributed by atoms with E-state index in [9.17, 15) is 48.7 Å². The van der Waals surface area contributed by atoms with Crippen molar-refractivity contribution in [2.75, 3.05) is 13.3 Å². The molecule has 0 aliphatic carbocycles. The fourth-order valence-corrected chi connectivity index (χ4v) is 0.895. The summed E-state index contributed by atoms with van der Waals surface area (Å²) in [5.41, 5.74) is 0. The maximum Gasteiger partial charge on any atom is 0.527 e. The van der Waals surface area contributed by atoms with Crippen molar-refractivity contribution in [1.82, 2.24) is 0 Å². The van der Waals surface area contributed by atoms with Crippen LogP contribution in [0.4, 0.5) is 43.9 Å². The fourth-order valence-electron chi connectivity index (χ4n) is 0.895. The number of carbonyl (C=O) groups is 1. The lowest BCUT2D eigenvalue weighted by Crippen LogP contribution is -2.54. The zero-order chi connectivity index (χ0) is 17.8. The second kappa shape index (κ2) is 6.85. The summed E-state index contributed by atoms with van der Waals surface area (Å²) in [4.78, 5) is 10.5. The molecule has 4 nitrogen and oxygen atoms in total. The van der Waals surface area contributed by atoms with Crippen LogP contribution in [-0.4, -0.2) is 43.9 Å². The molecule has 0 spiro atoms. The molecule has 0 heterocycles. The molecule has 0 aromatic heterocycles. The Morgan fingerprint density at radius 1 is 0.909 bits per heavy atom. The molecular formula is C8H6F10O4. The van der Waals surface area contributed by atoms with Crippen LogP contribution in [-0.2, 0) is 19.0 Å². The number of hydrogen-bond acceptors (Lipinski definition) is 4. The Kier molecular flexibility index (Phi) is 6.44. The van der Waals surface area contributed by atoms with Crippen molar-refractivity contribution in [2.24, 2.45) is 0 Å². The monoisotopic (exact) mass is 356 g/mol. The largest absolute Gasteiger partial charge is 0.527 e. The van der Waals surface area contributed by atoms with Crippen LogP contribution in [0, 0.1) is 0 Å². The van der Waals surface area contributed by atoms with E-state index < -0.39 is 50.4 Å². The number of hydrogen-bond donors (Lipinski definition) is 0. The van der Waals surface area contributed by atoms with E-state index in [1.165, 1.54) is 0 Å². The second-order valence-corrected chi connectivity index (χ2v) is 3.40. The lowest BCUT2D eigenvalue weighted by molar-refractivity contribution is -0.527. The van der Waals surface area contributed by atoms with E-state index in [2.05, 4.69) is 14.2 Å². The highest BCUT2D eigenvalue weighted by Crippen LogP contribution is 2.41. The first-order chi connectivity index (χ1) is 9.62. The molecule has 14 heteroatoms. The van der Waals surface area contributed by atoms with E-state index in [0.717, 1.165) is 0 Å². The van der Waals surface area contributed by atoms with Gasteiger partial charge in [-0.05, 0) is 0 Å². The van der Waals surface area contributed by atoms with Gasteiger partial charge in [0.25, 0.3) is 0 Å². The van der Waals surface area contributed by atoms with E-state index in [-0.39, 0.29) is 0 Å². The third-order valence-electron chi connectivity index (χ3n) is 1.55. The molecule has 0 amide bonds. The number of carbonyl (C=O) groups excluding carboxylic acids is 1. The van der Waals surface area contributed by atoms with Crippen molar-refractivity contribution >= 4 is 5.97 Å². The Labute approximate surface area is 114 Å². The van der Waals surface area contributed by atoms with Gasteiger partial charge in [0.2, 0.25) is 0 Å². The summed E-state index contributed by atoms with van der Waals surface area (Å²) >= 11 is 0. The number of ether oxygens (including phenoxy) is 3. The third kappa shape index (κ3) is 7.11. The van der Waals surface area contributed by atoms with Gasteiger partial charge in [0, 0.05) is 0 Å². The van der Waals surface area contributed by atoms with Gasteiger partial charge < -0.3 is 9.47 Å². The molecule has 0 fully saturated rings. The van der Waals surface area contributed by atoms with Crippen molar-refractivity contribution in [3.8, 4) is 0 Å². The molecule has 1 unspecified atom stereocenters. The van der Waals surface area contributed by atoms with Gasteiger partial charge in [-0.15, -0.1) is 13.2 Å². The lowest BCUT2D eigenvalue weighted by atomic mass is 10.4. The van der Waals surface area contributed by atoms with Crippen LogP contribution >= 0.6 is 0 Å². The first kappa shape index (κ1) is 20.7. The fraction of sp³-hybridized carbons (Fsp3) is 0.875. The normalized spacial score (nSPS) is 16.3. The SMILES string of the molecule is O=C(CC(F)(F)F)OC(F)(F)C(F)(OCCF)OC(F)(F)F. The zero-order valence-electron chi connectivity index (χ0n) is 10.0. The lowest BCUT2D eigenvalue weighted by Gasteiger charge is -2.31. The van der Waals surface area contributed by atoms with Crippen molar-refractivity contribution in [3.05, 3.63) is 0 Å². The maximum absolute atomic E-state index is 13.4. The third-order valence-corrected chi connectivity index (χ3v) is 1.55. The first-order valence-electron chi connectivity index (χ1n) is 4.94. The van der Waals surface area contributed by atoms with Crippen LogP contribution in [0.15, 0.2) is 0 Å². The van der Waals surface area contributed by atoms with Crippen LogP contribution in [0.3, 0.4) is 0 Å². The topological polar surface area (TPSA) is 44.8 Å². The van der Waals surface area contributed by atoms with E-state index in [0.29, 0.717) is 0 Å². The predicted molar refractivity (Wildman–Crippen MR) is 44.6 cm³/mol. The van der Waals surface area contributed by atoms with Gasteiger partial charge in [0.1, 0.15) is 13.1 Å². The smallest absolute Gasteiger partial charge is 0.394 e. The van der Waals surface area contributed by atoms with Crippen LogP contribution in [0.2, 0.25) is 0 Å². The van der Waals surface area contributed by atoms with Gasteiger partial charge >= 0.3 is 30.7 Å². The van der Waals surface area contributed by atoms with Crippen LogP contribution in [0.5, 0.6) is 0 Å². The summed E-state index contributed by atoms with van der Waals surface area (Å²) in [7, 11) is 0. The summed E-state index contributed by atoms with van der Waals surface area (Å²) in [5.74, 6) is -2.81. The van der Waals surface area contributed by atoms with Crippen LogP contribution in [0.1, 0.15) is 6.42 Å². The molecule has 22 heavy (non-hydrogen) atoms. The molecule has 0 aliphatic heterocycles. The number of halogens is 10. The summed E-state index contributed by atoms with van der Waals surface area (Å²) in [6.07, 6.45) is -20.0. The summed E-state index contributed by atoms with van der Waals surface area (Å²) in [6.45, 7) is -3.45. The molecular weight excluding hydrogens is 350 g/mol. The van der Waals surface area contributed by atoms with Crippen molar-refractivity contribution in [3.63, 3.8) is 0 Å². The van der Waals surface area contributed by atoms with Crippen LogP contribution < -0.4 is 0 Å². The van der Waals surface area contributed by atoms with Gasteiger partial charge in [-0.3, -0.25) is 4.79 Å².